The number of rotatable bonds is 7. The standard InChI is InChI=1S/C25H29N5O5/c1-7-12-34-23(32)19-13-17(14-29(19)5)16-8-10-18(11-9-16)26-22(31)21-27-20(15-30(21)6)28-24(33)35-25(2,3)4/h7-11,13-15H,1,12H2,2-6H3,(H,26,31)(H,28,33). The Morgan fingerprint density at radius 3 is 2.34 bits per heavy atom. The summed E-state index contributed by atoms with van der Waals surface area (Å²) < 4.78 is 13.5. The number of amides is 2. The van der Waals surface area contributed by atoms with E-state index in [2.05, 4.69) is 22.2 Å². The van der Waals surface area contributed by atoms with Gasteiger partial charge in [0.15, 0.2) is 5.82 Å². The molecule has 0 atom stereocenters. The Morgan fingerprint density at radius 1 is 1.03 bits per heavy atom. The molecule has 2 amide bonds. The molecule has 0 bridgehead atoms. The van der Waals surface area contributed by atoms with Crippen molar-refractivity contribution in [3.05, 3.63) is 66.9 Å². The Hall–Kier alpha value is -4.34. The summed E-state index contributed by atoms with van der Waals surface area (Å²) in [6.07, 6.45) is 4.20. The van der Waals surface area contributed by atoms with Gasteiger partial charge < -0.3 is 23.9 Å². The van der Waals surface area contributed by atoms with Gasteiger partial charge in [0.1, 0.15) is 17.9 Å². The SMILES string of the molecule is C=CCOC(=O)c1cc(-c2ccc(NC(=O)c3nc(NC(=O)OC(C)(C)C)cn3C)cc2)cn1C. The molecule has 3 aromatic rings. The van der Waals surface area contributed by atoms with Gasteiger partial charge in [-0.15, -0.1) is 0 Å². The van der Waals surface area contributed by atoms with Crippen LogP contribution in [0, 0.1) is 0 Å². The van der Waals surface area contributed by atoms with Gasteiger partial charge in [0.2, 0.25) is 5.82 Å². The van der Waals surface area contributed by atoms with Crippen molar-refractivity contribution in [1.29, 1.82) is 0 Å². The highest BCUT2D eigenvalue weighted by Crippen LogP contribution is 2.24. The molecule has 0 saturated carbocycles. The Labute approximate surface area is 203 Å². The largest absolute Gasteiger partial charge is 0.457 e. The molecule has 1 aromatic carbocycles. The second kappa shape index (κ2) is 10.3. The van der Waals surface area contributed by atoms with Gasteiger partial charge in [0, 0.05) is 37.7 Å². The van der Waals surface area contributed by atoms with Gasteiger partial charge in [0.05, 0.1) is 0 Å². The average Bonchev–Trinajstić information content (AvgIpc) is 3.33. The van der Waals surface area contributed by atoms with Crippen molar-refractivity contribution >= 4 is 29.5 Å². The van der Waals surface area contributed by atoms with E-state index in [9.17, 15) is 14.4 Å². The summed E-state index contributed by atoms with van der Waals surface area (Å²) in [4.78, 5) is 41.0. The maximum atomic E-state index is 12.7. The van der Waals surface area contributed by atoms with Crippen LogP contribution in [0.2, 0.25) is 0 Å². The topological polar surface area (TPSA) is 116 Å². The molecule has 2 heterocycles. The van der Waals surface area contributed by atoms with Crippen LogP contribution in [-0.2, 0) is 23.6 Å². The predicted molar refractivity (Wildman–Crippen MR) is 132 cm³/mol. The number of esters is 1. The molecule has 2 aromatic heterocycles. The molecule has 0 spiro atoms. The Balaban J connectivity index is 1.67. The van der Waals surface area contributed by atoms with Crippen LogP contribution in [0.3, 0.4) is 0 Å². The van der Waals surface area contributed by atoms with E-state index in [0.717, 1.165) is 11.1 Å². The van der Waals surface area contributed by atoms with Crippen molar-refractivity contribution in [2.45, 2.75) is 26.4 Å². The molecule has 35 heavy (non-hydrogen) atoms. The zero-order valence-electron chi connectivity index (χ0n) is 20.4. The number of hydrogen-bond acceptors (Lipinski definition) is 6. The monoisotopic (exact) mass is 479 g/mol. The third kappa shape index (κ3) is 6.59. The predicted octanol–water partition coefficient (Wildman–Crippen LogP) is 4.37. The minimum absolute atomic E-state index is 0.117. The molecule has 184 valence electrons. The third-order valence-electron chi connectivity index (χ3n) is 4.73. The van der Waals surface area contributed by atoms with E-state index >= 15 is 0 Å². The molecular formula is C25H29N5O5. The van der Waals surface area contributed by atoms with E-state index < -0.39 is 23.6 Å². The highest BCUT2D eigenvalue weighted by Gasteiger charge is 2.20. The van der Waals surface area contributed by atoms with Gasteiger partial charge in [-0.25, -0.2) is 14.6 Å². The first-order chi connectivity index (χ1) is 16.5. The smallest absolute Gasteiger partial charge is 0.413 e. The van der Waals surface area contributed by atoms with Crippen molar-refractivity contribution in [1.82, 2.24) is 14.1 Å². The van der Waals surface area contributed by atoms with E-state index in [1.165, 1.54) is 16.8 Å². The highest BCUT2D eigenvalue weighted by molar-refractivity contribution is 6.02. The molecule has 2 N–H and O–H groups in total. The Bertz CT molecular complexity index is 1250. The molecule has 0 aliphatic carbocycles. The number of aryl methyl sites for hydroxylation is 2. The maximum Gasteiger partial charge on any atom is 0.413 e. The molecule has 10 heteroatoms. The van der Waals surface area contributed by atoms with Crippen LogP contribution in [-0.4, -0.2) is 44.3 Å². The van der Waals surface area contributed by atoms with Crippen LogP contribution < -0.4 is 10.6 Å². The Kier molecular flexibility index (Phi) is 7.43. The minimum atomic E-state index is -0.656. The minimum Gasteiger partial charge on any atom is -0.457 e. The number of carbonyl (C=O) groups excluding carboxylic acids is 3. The van der Waals surface area contributed by atoms with Gasteiger partial charge in [-0.3, -0.25) is 10.1 Å². The number of ether oxygens (including phenoxy) is 2. The van der Waals surface area contributed by atoms with Crippen molar-refractivity contribution < 1.29 is 23.9 Å². The number of anilines is 2. The lowest BCUT2D eigenvalue weighted by atomic mass is 10.1. The molecule has 3 rings (SSSR count). The fourth-order valence-corrected chi connectivity index (χ4v) is 3.21. The number of carbonyl (C=O) groups is 3. The quantitative estimate of drug-likeness (QED) is 0.384. The molecule has 0 aliphatic rings. The fraction of sp³-hybridized carbons (Fsp3) is 0.280. The summed E-state index contributed by atoms with van der Waals surface area (Å²) in [5.74, 6) is -0.554. The van der Waals surface area contributed by atoms with E-state index in [1.54, 1.807) is 57.6 Å². The second-order valence-electron chi connectivity index (χ2n) is 8.83. The normalized spacial score (nSPS) is 11.0. The number of benzene rings is 1. The summed E-state index contributed by atoms with van der Waals surface area (Å²) in [5, 5.41) is 5.30. The zero-order valence-corrected chi connectivity index (χ0v) is 20.4. The number of nitrogens with one attached hydrogen (secondary N) is 2. The van der Waals surface area contributed by atoms with Gasteiger partial charge >= 0.3 is 12.1 Å². The highest BCUT2D eigenvalue weighted by atomic mass is 16.6. The lowest BCUT2D eigenvalue weighted by molar-refractivity contribution is 0.0537. The molecule has 10 nitrogen and oxygen atoms in total. The second-order valence-corrected chi connectivity index (χ2v) is 8.83. The van der Waals surface area contributed by atoms with E-state index in [-0.39, 0.29) is 18.2 Å². The number of hydrogen-bond donors (Lipinski definition) is 2. The lowest BCUT2D eigenvalue weighted by Crippen LogP contribution is -2.27. The lowest BCUT2D eigenvalue weighted by Gasteiger charge is -2.18. The van der Waals surface area contributed by atoms with Crippen molar-refractivity contribution in [3.63, 3.8) is 0 Å². The van der Waals surface area contributed by atoms with E-state index in [4.69, 9.17) is 9.47 Å². The summed E-state index contributed by atoms with van der Waals surface area (Å²) in [6.45, 7) is 8.94. The molecule has 0 unspecified atom stereocenters. The molecule has 0 saturated heterocycles. The van der Waals surface area contributed by atoms with Crippen LogP contribution in [0.4, 0.5) is 16.3 Å². The first-order valence-corrected chi connectivity index (χ1v) is 10.9. The van der Waals surface area contributed by atoms with Gasteiger partial charge in [-0.05, 0) is 44.5 Å². The maximum absolute atomic E-state index is 12.7. The van der Waals surface area contributed by atoms with Crippen LogP contribution in [0.15, 0.2) is 55.4 Å². The van der Waals surface area contributed by atoms with Gasteiger partial charge in [-0.1, -0.05) is 24.8 Å². The number of aromatic nitrogens is 3. The van der Waals surface area contributed by atoms with E-state index in [0.29, 0.717) is 11.4 Å². The van der Waals surface area contributed by atoms with Crippen LogP contribution >= 0.6 is 0 Å². The first kappa shape index (κ1) is 25.3. The molecule has 0 radical (unpaired) electrons. The van der Waals surface area contributed by atoms with Gasteiger partial charge in [-0.2, -0.15) is 0 Å². The number of nitrogens with zero attached hydrogens (tertiary/aromatic N) is 3. The molecule has 0 fully saturated rings. The fourth-order valence-electron chi connectivity index (χ4n) is 3.21. The molecule has 0 aliphatic heterocycles. The Morgan fingerprint density at radius 2 is 1.71 bits per heavy atom. The summed E-state index contributed by atoms with van der Waals surface area (Å²) in [5.41, 5.74) is 2.02. The average molecular weight is 480 g/mol. The van der Waals surface area contributed by atoms with Gasteiger partial charge in [0.25, 0.3) is 5.91 Å². The van der Waals surface area contributed by atoms with Crippen LogP contribution in [0.5, 0.6) is 0 Å². The summed E-state index contributed by atoms with van der Waals surface area (Å²) >= 11 is 0. The van der Waals surface area contributed by atoms with Crippen LogP contribution in [0.1, 0.15) is 41.9 Å². The van der Waals surface area contributed by atoms with Crippen molar-refractivity contribution in [2.75, 3.05) is 17.2 Å². The zero-order chi connectivity index (χ0) is 25.8. The summed E-state index contributed by atoms with van der Waals surface area (Å²) in [6, 6.07) is 8.90. The third-order valence-corrected chi connectivity index (χ3v) is 4.73. The van der Waals surface area contributed by atoms with Crippen molar-refractivity contribution in [3.8, 4) is 11.1 Å². The number of imidazole rings is 1. The van der Waals surface area contributed by atoms with Crippen molar-refractivity contribution in [2.24, 2.45) is 14.1 Å². The van der Waals surface area contributed by atoms with E-state index in [1.807, 2.05) is 18.3 Å². The first-order valence-electron chi connectivity index (χ1n) is 10.9. The summed E-state index contributed by atoms with van der Waals surface area (Å²) in [7, 11) is 3.42. The van der Waals surface area contributed by atoms with Crippen LogP contribution in [0.25, 0.3) is 11.1 Å². The molecular weight excluding hydrogens is 450 g/mol.